The van der Waals surface area contributed by atoms with E-state index in [0.29, 0.717) is 20.9 Å². The molecule has 0 saturated carbocycles. The number of rotatable bonds is 9. The van der Waals surface area contributed by atoms with Gasteiger partial charge in [-0.05, 0) is 44.7 Å². The second-order valence-electron chi connectivity index (χ2n) is 7.30. The number of anilines is 1. The normalized spacial score (nSPS) is 11.5. The van der Waals surface area contributed by atoms with Gasteiger partial charge in [0.25, 0.3) is 5.91 Å². The van der Waals surface area contributed by atoms with Crippen molar-refractivity contribution in [2.45, 2.75) is 33.9 Å². The largest absolute Gasteiger partial charge is 0.462 e. The first-order valence-corrected chi connectivity index (χ1v) is 12.0. The lowest BCUT2D eigenvalue weighted by molar-refractivity contribution is 0.0526. The van der Waals surface area contributed by atoms with E-state index in [0.717, 1.165) is 16.9 Å². The summed E-state index contributed by atoms with van der Waals surface area (Å²) < 4.78 is 5.17. The quantitative estimate of drug-likeness (QED) is 0.256. The van der Waals surface area contributed by atoms with E-state index in [4.69, 9.17) is 4.74 Å². The smallest absolute Gasteiger partial charge is 0.341 e. The number of hydrogen-bond donors (Lipinski definition) is 2. The Labute approximate surface area is 199 Å². The summed E-state index contributed by atoms with van der Waals surface area (Å²) in [6.07, 6.45) is -1.17. The van der Waals surface area contributed by atoms with Gasteiger partial charge < -0.3 is 15.4 Å². The Morgan fingerprint density at radius 3 is 2.33 bits per heavy atom. The SMILES string of the molecule is CCOC(=O)c1c(N[C@H](NC(=O)c2cccs2)C(=O)c2ccc(C)cc2)sc(C(C)=O)c1C. The summed E-state index contributed by atoms with van der Waals surface area (Å²) in [6, 6.07) is 10.4. The molecule has 2 N–H and O–H groups in total. The predicted octanol–water partition coefficient (Wildman–Crippen LogP) is 4.86. The van der Waals surface area contributed by atoms with Gasteiger partial charge in [-0.15, -0.1) is 22.7 Å². The number of nitrogens with one attached hydrogen (secondary N) is 2. The second kappa shape index (κ2) is 10.5. The maximum Gasteiger partial charge on any atom is 0.341 e. The fourth-order valence-corrected chi connectivity index (χ4v) is 4.94. The number of amides is 1. The molecule has 0 aliphatic heterocycles. The van der Waals surface area contributed by atoms with Crippen LogP contribution in [0.2, 0.25) is 0 Å². The molecule has 2 aromatic heterocycles. The molecular formula is C24H24N2O5S2. The zero-order valence-electron chi connectivity index (χ0n) is 18.7. The standard InChI is InChI=1S/C24H24N2O5S2/c1-5-31-24(30)18-14(3)20(15(4)27)33-23(18)26-21(25-22(29)17-7-6-12-32-17)19(28)16-10-8-13(2)9-11-16/h6-12,21,26H,5H2,1-4H3,(H,25,29)/t21-/m0/s1. The molecule has 0 aliphatic rings. The third-order valence-corrected chi connectivity index (χ3v) is 7.03. The summed E-state index contributed by atoms with van der Waals surface area (Å²) in [4.78, 5) is 51.7. The number of Topliss-reactive ketones (excluding diaryl/α,β-unsaturated/α-hetero) is 2. The number of carbonyl (C=O) groups excluding carboxylic acids is 4. The molecule has 172 valence electrons. The maximum absolute atomic E-state index is 13.3. The van der Waals surface area contributed by atoms with Gasteiger partial charge >= 0.3 is 5.97 Å². The number of aryl methyl sites for hydroxylation is 1. The topological polar surface area (TPSA) is 102 Å². The fraction of sp³-hybridized carbons (Fsp3) is 0.250. The van der Waals surface area contributed by atoms with E-state index in [9.17, 15) is 19.2 Å². The van der Waals surface area contributed by atoms with Crippen LogP contribution in [0.3, 0.4) is 0 Å². The molecule has 0 fully saturated rings. The van der Waals surface area contributed by atoms with Crippen molar-refractivity contribution in [1.29, 1.82) is 0 Å². The number of benzene rings is 1. The van der Waals surface area contributed by atoms with Gasteiger partial charge in [0.15, 0.2) is 11.9 Å². The van der Waals surface area contributed by atoms with Crippen molar-refractivity contribution in [3.63, 3.8) is 0 Å². The highest BCUT2D eigenvalue weighted by molar-refractivity contribution is 7.18. The average molecular weight is 485 g/mol. The Balaban J connectivity index is 2.02. The van der Waals surface area contributed by atoms with Crippen LogP contribution in [0.15, 0.2) is 41.8 Å². The lowest BCUT2D eigenvalue weighted by Gasteiger charge is -2.20. The van der Waals surface area contributed by atoms with Gasteiger partial charge in [0.05, 0.1) is 21.9 Å². The van der Waals surface area contributed by atoms with E-state index in [1.54, 1.807) is 55.6 Å². The van der Waals surface area contributed by atoms with Crippen molar-refractivity contribution in [1.82, 2.24) is 5.32 Å². The lowest BCUT2D eigenvalue weighted by atomic mass is 10.1. The second-order valence-corrected chi connectivity index (χ2v) is 9.26. The molecule has 0 aliphatic carbocycles. The van der Waals surface area contributed by atoms with Crippen LogP contribution in [0.25, 0.3) is 0 Å². The van der Waals surface area contributed by atoms with Crippen LogP contribution < -0.4 is 10.6 Å². The van der Waals surface area contributed by atoms with Crippen molar-refractivity contribution < 1.29 is 23.9 Å². The Morgan fingerprint density at radius 1 is 1.06 bits per heavy atom. The maximum atomic E-state index is 13.3. The Morgan fingerprint density at radius 2 is 1.76 bits per heavy atom. The molecule has 0 radical (unpaired) electrons. The molecule has 1 amide bonds. The van der Waals surface area contributed by atoms with Gasteiger partial charge in [-0.1, -0.05) is 35.9 Å². The summed E-state index contributed by atoms with van der Waals surface area (Å²) in [7, 11) is 0. The number of ketones is 2. The Kier molecular flexibility index (Phi) is 7.78. The molecule has 33 heavy (non-hydrogen) atoms. The highest BCUT2D eigenvalue weighted by Gasteiger charge is 2.29. The number of hydrogen-bond acceptors (Lipinski definition) is 8. The first kappa shape index (κ1) is 24.3. The summed E-state index contributed by atoms with van der Waals surface area (Å²) >= 11 is 2.30. The zero-order chi connectivity index (χ0) is 24.1. The summed E-state index contributed by atoms with van der Waals surface area (Å²) in [6.45, 7) is 6.82. The molecule has 1 atom stereocenters. The van der Waals surface area contributed by atoms with E-state index < -0.39 is 18.0 Å². The minimum atomic E-state index is -1.17. The number of carbonyl (C=O) groups is 4. The number of esters is 1. The van der Waals surface area contributed by atoms with Gasteiger partial charge in [0, 0.05) is 5.56 Å². The Bertz CT molecular complexity index is 1180. The van der Waals surface area contributed by atoms with E-state index >= 15 is 0 Å². The van der Waals surface area contributed by atoms with Crippen LogP contribution in [-0.4, -0.2) is 36.2 Å². The molecule has 3 rings (SSSR count). The van der Waals surface area contributed by atoms with Crippen LogP contribution >= 0.6 is 22.7 Å². The van der Waals surface area contributed by atoms with Crippen molar-refractivity contribution in [3.05, 3.63) is 73.8 Å². The highest BCUT2D eigenvalue weighted by atomic mass is 32.1. The van der Waals surface area contributed by atoms with Crippen LogP contribution in [-0.2, 0) is 4.74 Å². The molecule has 0 bridgehead atoms. The molecule has 0 saturated heterocycles. The lowest BCUT2D eigenvalue weighted by Crippen LogP contribution is -2.46. The fourth-order valence-electron chi connectivity index (χ4n) is 3.19. The summed E-state index contributed by atoms with van der Waals surface area (Å²) in [5.74, 6) is -1.63. The van der Waals surface area contributed by atoms with Crippen LogP contribution in [0.5, 0.6) is 0 Å². The van der Waals surface area contributed by atoms with Crippen LogP contribution in [0.4, 0.5) is 5.00 Å². The van der Waals surface area contributed by atoms with E-state index in [2.05, 4.69) is 10.6 Å². The van der Waals surface area contributed by atoms with Gasteiger partial charge in [0.2, 0.25) is 5.78 Å². The van der Waals surface area contributed by atoms with Gasteiger partial charge in [0.1, 0.15) is 5.00 Å². The molecule has 7 nitrogen and oxygen atoms in total. The molecule has 3 aromatic rings. The molecule has 2 heterocycles. The van der Waals surface area contributed by atoms with E-state index in [1.807, 2.05) is 6.92 Å². The molecule has 0 spiro atoms. The first-order chi connectivity index (χ1) is 15.7. The van der Waals surface area contributed by atoms with Crippen LogP contribution in [0.1, 0.15) is 65.0 Å². The Hall–Kier alpha value is -3.30. The van der Waals surface area contributed by atoms with Crippen LogP contribution in [0, 0.1) is 13.8 Å². The summed E-state index contributed by atoms with van der Waals surface area (Å²) in [5.41, 5.74) is 2.03. The first-order valence-electron chi connectivity index (χ1n) is 10.3. The average Bonchev–Trinajstić information content (AvgIpc) is 3.42. The van der Waals surface area contributed by atoms with Crippen molar-refractivity contribution in [3.8, 4) is 0 Å². The van der Waals surface area contributed by atoms with Gasteiger partial charge in [-0.25, -0.2) is 4.79 Å². The molecule has 1 aromatic carbocycles. The van der Waals surface area contributed by atoms with E-state index in [1.165, 1.54) is 18.3 Å². The number of thiophene rings is 2. The van der Waals surface area contributed by atoms with E-state index in [-0.39, 0.29) is 28.7 Å². The highest BCUT2D eigenvalue weighted by Crippen LogP contribution is 2.34. The summed E-state index contributed by atoms with van der Waals surface area (Å²) in [5, 5.41) is 7.76. The van der Waals surface area contributed by atoms with Crippen molar-refractivity contribution >= 4 is 51.1 Å². The zero-order valence-corrected chi connectivity index (χ0v) is 20.3. The molecular weight excluding hydrogens is 460 g/mol. The monoisotopic (exact) mass is 484 g/mol. The molecule has 9 heteroatoms. The minimum absolute atomic E-state index is 0.157. The van der Waals surface area contributed by atoms with Crippen molar-refractivity contribution in [2.75, 3.05) is 11.9 Å². The van der Waals surface area contributed by atoms with Gasteiger partial charge in [-0.3, -0.25) is 14.4 Å². The third-order valence-electron chi connectivity index (χ3n) is 4.84. The minimum Gasteiger partial charge on any atom is -0.462 e. The van der Waals surface area contributed by atoms with Crippen molar-refractivity contribution in [2.24, 2.45) is 0 Å². The van der Waals surface area contributed by atoms with Gasteiger partial charge in [-0.2, -0.15) is 0 Å². The predicted molar refractivity (Wildman–Crippen MR) is 130 cm³/mol. The third kappa shape index (κ3) is 5.55. The number of ether oxygens (including phenoxy) is 1. The molecule has 0 unspecified atom stereocenters.